The summed E-state index contributed by atoms with van der Waals surface area (Å²) in [6.07, 6.45) is -5.03. The number of aliphatic carboxylic acids is 2. The van der Waals surface area contributed by atoms with E-state index >= 15 is 0 Å². The molecule has 2 rings (SSSR count). The molecule has 23 heavy (non-hydrogen) atoms. The van der Waals surface area contributed by atoms with Gasteiger partial charge in [0.15, 0.2) is 0 Å². The number of alkyl halides is 3. The maximum absolute atomic E-state index is 10.6. The molecule has 0 radical (unpaired) electrons. The highest BCUT2D eigenvalue weighted by Crippen LogP contribution is 2.24. The van der Waals surface area contributed by atoms with Crippen LogP contribution in [0.1, 0.15) is 5.69 Å². The highest BCUT2D eigenvalue weighted by Gasteiger charge is 2.38. The van der Waals surface area contributed by atoms with E-state index in [1.165, 1.54) is 0 Å². The van der Waals surface area contributed by atoms with Gasteiger partial charge in [0.25, 0.3) is 0 Å². The number of hydrogen-bond donors (Lipinski definition) is 2. The molecule has 0 amide bonds. The zero-order chi connectivity index (χ0) is 17.6. The third-order valence-corrected chi connectivity index (χ3v) is 4.25. The lowest BCUT2D eigenvalue weighted by Gasteiger charge is -2.38. The molecule has 0 atom stereocenters. The van der Waals surface area contributed by atoms with Gasteiger partial charge in [-0.15, -0.1) is 11.3 Å². The van der Waals surface area contributed by atoms with Crippen molar-refractivity contribution in [2.75, 3.05) is 19.7 Å². The Hall–Kier alpha value is -1.24. The number of ether oxygens (including phenoxy) is 1. The predicted octanol–water partition coefficient (Wildman–Crippen LogP) is 1.82. The van der Waals surface area contributed by atoms with E-state index < -0.39 is 18.1 Å². The summed E-state index contributed by atoms with van der Waals surface area (Å²) >= 11 is 5.00. The third-order valence-electron chi connectivity index (χ3n) is 2.57. The molecule has 0 aromatic carbocycles. The van der Waals surface area contributed by atoms with Gasteiger partial charge in [0.1, 0.15) is 6.61 Å². The molecule has 1 aromatic heterocycles. The number of hydrogen-bond acceptors (Lipinski definition) is 6. The van der Waals surface area contributed by atoms with Crippen molar-refractivity contribution in [2.24, 2.45) is 0 Å². The lowest BCUT2D eigenvalue weighted by molar-refractivity contribution is -0.192. The Balaban J connectivity index is 0.000000322. The Morgan fingerprint density at radius 3 is 2.39 bits per heavy atom. The lowest BCUT2D eigenvalue weighted by atomic mass is 10.1. The van der Waals surface area contributed by atoms with Gasteiger partial charge in [-0.3, -0.25) is 4.90 Å². The number of carboxylic acids is 2. The quantitative estimate of drug-likeness (QED) is 0.749. The molecular weight excluding hydrogens is 409 g/mol. The van der Waals surface area contributed by atoms with E-state index in [0.717, 1.165) is 29.1 Å². The summed E-state index contributed by atoms with van der Waals surface area (Å²) < 4.78 is 37.9. The van der Waals surface area contributed by atoms with E-state index in [2.05, 4.69) is 25.8 Å². The van der Waals surface area contributed by atoms with Crippen molar-refractivity contribution in [3.8, 4) is 0 Å². The first-order chi connectivity index (χ1) is 10.6. The van der Waals surface area contributed by atoms with E-state index in [4.69, 9.17) is 19.7 Å². The van der Waals surface area contributed by atoms with Crippen LogP contribution >= 0.6 is 27.3 Å². The molecule has 0 bridgehead atoms. The third kappa shape index (κ3) is 7.24. The summed E-state index contributed by atoms with van der Waals surface area (Å²) in [5.74, 6) is -3.67. The Kier molecular flexibility index (Phi) is 7.38. The van der Waals surface area contributed by atoms with Crippen molar-refractivity contribution >= 4 is 39.2 Å². The largest absolute Gasteiger partial charge is 0.490 e. The van der Waals surface area contributed by atoms with E-state index in [1.807, 2.05) is 0 Å². The molecule has 0 aliphatic carbocycles. The second-order valence-electron chi connectivity index (χ2n) is 4.40. The molecule has 2 heterocycles. The summed E-state index contributed by atoms with van der Waals surface area (Å²) in [7, 11) is 0. The minimum absolute atomic E-state index is 0.0495. The van der Waals surface area contributed by atoms with E-state index in [-0.39, 0.29) is 12.7 Å². The molecule has 1 saturated heterocycles. The minimum Gasteiger partial charge on any atom is -0.480 e. The van der Waals surface area contributed by atoms with Gasteiger partial charge in [-0.25, -0.2) is 14.6 Å². The van der Waals surface area contributed by atoms with Crippen LogP contribution in [0.25, 0.3) is 0 Å². The first-order valence-electron chi connectivity index (χ1n) is 6.03. The van der Waals surface area contributed by atoms with Crippen LogP contribution in [0, 0.1) is 0 Å². The standard InChI is InChI=1S/C9H11BrN2O3S.C2HF3O2/c10-9-7(11-5-16-9)3-12-1-6(2-12)15-4-8(13)14;3-2(4,5)1(6)7/h5-6H,1-4H2,(H,13,14);(H,6,7). The Morgan fingerprint density at radius 1 is 1.43 bits per heavy atom. The summed E-state index contributed by atoms with van der Waals surface area (Å²) in [6.45, 7) is 2.13. The first kappa shape index (κ1) is 19.8. The van der Waals surface area contributed by atoms with Crippen molar-refractivity contribution in [2.45, 2.75) is 18.8 Å². The average molecular weight is 421 g/mol. The van der Waals surface area contributed by atoms with Crippen LogP contribution in [0.4, 0.5) is 13.2 Å². The normalized spacial score (nSPS) is 15.5. The van der Waals surface area contributed by atoms with E-state index in [0.29, 0.717) is 0 Å². The number of carboxylic acid groups (broad SMARTS) is 2. The van der Waals surface area contributed by atoms with Crippen LogP contribution in [0.5, 0.6) is 0 Å². The summed E-state index contributed by atoms with van der Waals surface area (Å²) in [6, 6.07) is 0. The van der Waals surface area contributed by atoms with Gasteiger partial charge < -0.3 is 14.9 Å². The van der Waals surface area contributed by atoms with E-state index in [9.17, 15) is 18.0 Å². The van der Waals surface area contributed by atoms with Crippen LogP contribution in [0.3, 0.4) is 0 Å². The highest BCUT2D eigenvalue weighted by molar-refractivity contribution is 9.11. The number of halogens is 4. The van der Waals surface area contributed by atoms with Crippen LogP contribution in [-0.2, 0) is 20.9 Å². The van der Waals surface area contributed by atoms with Gasteiger partial charge in [0.2, 0.25) is 0 Å². The molecule has 12 heteroatoms. The molecular formula is C11H12BrF3N2O5S. The number of thiazole rings is 1. The molecule has 7 nitrogen and oxygen atoms in total. The van der Waals surface area contributed by atoms with Gasteiger partial charge in [-0.2, -0.15) is 13.2 Å². The van der Waals surface area contributed by atoms with Crippen LogP contribution in [0.2, 0.25) is 0 Å². The van der Waals surface area contributed by atoms with Gasteiger partial charge >= 0.3 is 18.1 Å². The summed E-state index contributed by atoms with van der Waals surface area (Å²) in [5.41, 5.74) is 2.83. The van der Waals surface area contributed by atoms with Gasteiger partial charge in [0, 0.05) is 19.6 Å². The number of aromatic nitrogens is 1. The second-order valence-corrected chi connectivity index (χ2v) is 6.57. The molecule has 1 aromatic rings. The maximum Gasteiger partial charge on any atom is 0.490 e. The summed E-state index contributed by atoms with van der Waals surface area (Å²) in [4.78, 5) is 25.6. The number of likely N-dealkylation sites (tertiary alicyclic amines) is 1. The number of rotatable bonds is 5. The second kappa shape index (κ2) is 8.57. The summed E-state index contributed by atoms with van der Waals surface area (Å²) in [5, 5.41) is 15.6. The fraction of sp³-hybridized carbons (Fsp3) is 0.545. The number of nitrogens with zero attached hydrogens (tertiary/aromatic N) is 2. The SMILES string of the molecule is O=C(O)C(F)(F)F.O=C(O)COC1CN(Cc2ncsc2Br)C1. The Labute approximate surface area is 140 Å². The molecule has 0 unspecified atom stereocenters. The molecule has 0 spiro atoms. The average Bonchev–Trinajstić information content (AvgIpc) is 2.77. The van der Waals surface area contributed by atoms with Crippen LogP contribution in [-0.4, -0.2) is 64.0 Å². The topological polar surface area (TPSA) is 100.0 Å². The van der Waals surface area contributed by atoms with Crippen molar-refractivity contribution < 1.29 is 37.7 Å². The smallest absolute Gasteiger partial charge is 0.480 e. The number of carbonyl (C=O) groups is 2. The Morgan fingerprint density at radius 2 is 2.00 bits per heavy atom. The molecule has 1 aliphatic heterocycles. The zero-order valence-corrected chi connectivity index (χ0v) is 13.8. The Bertz CT molecular complexity index is 548. The molecule has 130 valence electrons. The van der Waals surface area contributed by atoms with Crippen LogP contribution in [0.15, 0.2) is 9.30 Å². The zero-order valence-electron chi connectivity index (χ0n) is 11.4. The highest BCUT2D eigenvalue weighted by atomic mass is 79.9. The molecule has 0 saturated carbocycles. The van der Waals surface area contributed by atoms with Crippen molar-refractivity contribution in [3.63, 3.8) is 0 Å². The van der Waals surface area contributed by atoms with Crippen molar-refractivity contribution in [1.29, 1.82) is 0 Å². The van der Waals surface area contributed by atoms with Gasteiger partial charge in [0.05, 0.1) is 21.1 Å². The predicted molar refractivity (Wildman–Crippen MR) is 76.2 cm³/mol. The lowest BCUT2D eigenvalue weighted by Crippen LogP contribution is -2.51. The van der Waals surface area contributed by atoms with Crippen molar-refractivity contribution in [1.82, 2.24) is 9.88 Å². The minimum atomic E-state index is -5.08. The van der Waals surface area contributed by atoms with Gasteiger partial charge in [-0.1, -0.05) is 0 Å². The first-order valence-corrected chi connectivity index (χ1v) is 7.70. The molecule has 1 aliphatic rings. The maximum atomic E-state index is 10.6. The molecule has 2 N–H and O–H groups in total. The van der Waals surface area contributed by atoms with Crippen LogP contribution < -0.4 is 0 Å². The fourth-order valence-corrected chi connectivity index (χ4v) is 2.52. The van der Waals surface area contributed by atoms with E-state index in [1.54, 1.807) is 16.8 Å². The van der Waals surface area contributed by atoms with Crippen molar-refractivity contribution in [3.05, 3.63) is 15.0 Å². The molecule has 1 fully saturated rings. The monoisotopic (exact) mass is 420 g/mol. The van der Waals surface area contributed by atoms with Gasteiger partial charge in [-0.05, 0) is 15.9 Å². The fourth-order valence-electron chi connectivity index (χ4n) is 1.52.